The second-order valence-electron chi connectivity index (χ2n) is 3.65. The minimum absolute atomic E-state index is 0.439. The molecule has 1 fully saturated rings. The highest BCUT2D eigenvalue weighted by molar-refractivity contribution is 9.10. The summed E-state index contributed by atoms with van der Waals surface area (Å²) in [6, 6.07) is 6.57. The summed E-state index contributed by atoms with van der Waals surface area (Å²) in [5.74, 6) is 0. The van der Waals surface area contributed by atoms with E-state index in [9.17, 15) is 0 Å². The molecule has 2 rings (SSSR count). The van der Waals surface area contributed by atoms with Crippen molar-refractivity contribution in [1.82, 2.24) is 5.32 Å². The zero-order valence-corrected chi connectivity index (χ0v) is 10.2. The molecule has 1 heterocycles. The number of nitrogens with one attached hydrogen (secondary N) is 1. The Labute approximate surface area is 98.0 Å². The highest BCUT2D eigenvalue weighted by Gasteiger charge is 2.17. The molecule has 0 aromatic heterocycles. The van der Waals surface area contributed by atoms with Gasteiger partial charge in [-0.2, -0.15) is 0 Å². The molecule has 1 atom stereocenters. The molecule has 0 bridgehead atoms. The van der Waals surface area contributed by atoms with Crippen molar-refractivity contribution in [2.45, 2.75) is 25.3 Å². The fraction of sp³-hybridized carbons (Fsp3) is 0.455. The van der Waals surface area contributed by atoms with Crippen LogP contribution in [0.3, 0.4) is 0 Å². The van der Waals surface area contributed by atoms with Gasteiger partial charge < -0.3 is 5.32 Å². The minimum Gasteiger partial charge on any atom is -0.310 e. The minimum atomic E-state index is 0.439. The number of benzene rings is 1. The molecular weight excluding hydrogens is 261 g/mol. The monoisotopic (exact) mass is 273 g/mol. The first-order chi connectivity index (χ1) is 6.79. The van der Waals surface area contributed by atoms with E-state index in [1.165, 1.54) is 24.8 Å². The fourth-order valence-corrected chi connectivity index (χ4v) is 2.55. The summed E-state index contributed by atoms with van der Waals surface area (Å²) in [6.45, 7) is 1.10. The van der Waals surface area contributed by atoms with Crippen LogP contribution in [0, 0.1) is 0 Å². The lowest BCUT2D eigenvalue weighted by molar-refractivity contribution is 0.412. The highest BCUT2D eigenvalue weighted by atomic mass is 79.9. The smallest absolute Gasteiger partial charge is 0.0595 e. The van der Waals surface area contributed by atoms with Gasteiger partial charge in [-0.1, -0.05) is 30.2 Å². The molecule has 1 aliphatic rings. The molecule has 0 aliphatic carbocycles. The Morgan fingerprint density at radius 3 is 2.93 bits per heavy atom. The standard InChI is InChI=1S/C11H13BrClN/c12-9-5-3-4-8(11(9)13)10-6-1-2-7-14-10/h3-5,10,14H,1-2,6-7H2. The number of hydrogen-bond donors (Lipinski definition) is 1. The molecule has 0 amide bonds. The molecule has 3 heteroatoms. The van der Waals surface area contributed by atoms with Crippen LogP contribution >= 0.6 is 27.5 Å². The molecule has 1 aliphatic heterocycles. The van der Waals surface area contributed by atoms with Gasteiger partial charge in [0, 0.05) is 10.5 Å². The summed E-state index contributed by atoms with van der Waals surface area (Å²) in [5, 5.41) is 4.35. The van der Waals surface area contributed by atoms with E-state index >= 15 is 0 Å². The van der Waals surface area contributed by atoms with E-state index in [4.69, 9.17) is 11.6 Å². The van der Waals surface area contributed by atoms with E-state index in [0.717, 1.165) is 16.0 Å². The lowest BCUT2D eigenvalue weighted by atomic mass is 9.98. The van der Waals surface area contributed by atoms with Gasteiger partial charge in [-0.15, -0.1) is 0 Å². The summed E-state index contributed by atoms with van der Waals surface area (Å²) in [6.07, 6.45) is 3.76. The van der Waals surface area contributed by atoms with Crippen molar-refractivity contribution in [2.24, 2.45) is 0 Å². The molecule has 1 unspecified atom stereocenters. The van der Waals surface area contributed by atoms with Crippen LogP contribution in [0.15, 0.2) is 22.7 Å². The number of hydrogen-bond acceptors (Lipinski definition) is 1. The lowest BCUT2D eigenvalue weighted by Gasteiger charge is -2.24. The Bertz CT molecular complexity index is 321. The number of rotatable bonds is 1. The maximum absolute atomic E-state index is 6.24. The van der Waals surface area contributed by atoms with E-state index in [1.54, 1.807) is 0 Å². The molecular formula is C11H13BrClN. The lowest BCUT2D eigenvalue weighted by Crippen LogP contribution is -2.26. The molecule has 1 N–H and O–H groups in total. The quantitative estimate of drug-likeness (QED) is 0.818. The maximum Gasteiger partial charge on any atom is 0.0595 e. The van der Waals surface area contributed by atoms with Gasteiger partial charge in [0.15, 0.2) is 0 Å². The van der Waals surface area contributed by atoms with Crippen molar-refractivity contribution >= 4 is 27.5 Å². The molecule has 1 aromatic rings. The van der Waals surface area contributed by atoms with Crippen LogP contribution in [0.1, 0.15) is 30.9 Å². The molecule has 0 saturated carbocycles. The van der Waals surface area contributed by atoms with Crippen molar-refractivity contribution in [3.05, 3.63) is 33.3 Å². The first-order valence-corrected chi connectivity index (χ1v) is 6.13. The van der Waals surface area contributed by atoms with E-state index in [0.29, 0.717) is 6.04 Å². The third-order valence-electron chi connectivity index (χ3n) is 2.67. The van der Waals surface area contributed by atoms with E-state index in [1.807, 2.05) is 12.1 Å². The Balaban J connectivity index is 2.26. The van der Waals surface area contributed by atoms with Gasteiger partial charge in [-0.25, -0.2) is 0 Å². The van der Waals surface area contributed by atoms with Crippen LogP contribution in [0.5, 0.6) is 0 Å². The fourth-order valence-electron chi connectivity index (χ4n) is 1.91. The Hall–Kier alpha value is -0.0500. The zero-order chi connectivity index (χ0) is 9.97. The van der Waals surface area contributed by atoms with E-state index in [-0.39, 0.29) is 0 Å². The van der Waals surface area contributed by atoms with Gasteiger partial charge in [-0.05, 0) is 46.9 Å². The summed E-state index contributed by atoms with van der Waals surface area (Å²) in [5.41, 5.74) is 1.22. The average molecular weight is 275 g/mol. The topological polar surface area (TPSA) is 12.0 Å². The van der Waals surface area contributed by atoms with Gasteiger partial charge in [0.05, 0.1) is 5.02 Å². The Morgan fingerprint density at radius 2 is 2.21 bits per heavy atom. The van der Waals surface area contributed by atoms with Gasteiger partial charge >= 0.3 is 0 Å². The average Bonchev–Trinajstić information content (AvgIpc) is 2.23. The van der Waals surface area contributed by atoms with Crippen LogP contribution in [-0.4, -0.2) is 6.54 Å². The largest absolute Gasteiger partial charge is 0.310 e. The highest BCUT2D eigenvalue weighted by Crippen LogP contribution is 2.33. The predicted octanol–water partition coefficient (Wildman–Crippen LogP) is 3.92. The van der Waals surface area contributed by atoms with Gasteiger partial charge in [0.2, 0.25) is 0 Å². The molecule has 0 spiro atoms. The summed E-state index contributed by atoms with van der Waals surface area (Å²) >= 11 is 9.69. The normalized spacial score (nSPS) is 22.3. The summed E-state index contributed by atoms with van der Waals surface area (Å²) in [4.78, 5) is 0. The van der Waals surface area contributed by atoms with Crippen LogP contribution in [0.2, 0.25) is 5.02 Å². The van der Waals surface area contributed by atoms with E-state index < -0.39 is 0 Å². The molecule has 0 radical (unpaired) electrons. The van der Waals surface area contributed by atoms with Crippen LogP contribution < -0.4 is 5.32 Å². The SMILES string of the molecule is Clc1c(Br)cccc1C1CCCCN1. The van der Waals surface area contributed by atoms with Crippen molar-refractivity contribution in [3.8, 4) is 0 Å². The number of piperidine rings is 1. The van der Waals surface area contributed by atoms with Gasteiger partial charge in [0.1, 0.15) is 0 Å². The zero-order valence-electron chi connectivity index (χ0n) is 7.89. The molecule has 1 saturated heterocycles. The van der Waals surface area contributed by atoms with Crippen LogP contribution in [0.4, 0.5) is 0 Å². The molecule has 1 aromatic carbocycles. The van der Waals surface area contributed by atoms with Gasteiger partial charge in [-0.3, -0.25) is 0 Å². The van der Waals surface area contributed by atoms with Crippen LogP contribution in [0.25, 0.3) is 0 Å². The Kier molecular flexibility index (Phi) is 3.47. The molecule has 14 heavy (non-hydrogen) atoms. The summed E-state index contributed by atoms with van der Waals surface area (Å²) in [7, 11) is 0. The van der Waals surface area contributed by atoms with E-state index in [2.05, 4.69) is 27.3 Å². The molecule has 76 valence electrons. The Morgan fingerprint density at radius 1 is 1.36 bits per heavy atom. The summed E-state index contributed by atoms with van der Waals surface area (Å²) < 4.78 is 0.990. The first kappa shape index (κ1) is 10.5. The van der Waals surface area contributed by atoms with Crippen molar-refractivity contribution < 1.29 is 0 Å². The van der Waals surface area contributed by atoms with Crippen molar-refractivity contribution in [3.63, 3.8) is 0 Å². The maximum atomic E-state index is 6.24. The van der Waals surface area contributed by atoms with Crippen molar-refractivity contribution in [1.29, 1.82) is 0 Å². The van der Waals surface area contributed by atoms with Crippen LogP contribution in [-0.2, 0) is 0 Å². The predicted molar refractivity (Wildman–Crippen MR) is 63.7 cm³/mol. The molecule has 1 nitrogen and oxygen atoms in total. The second kappa shape index (κ2) is 4.65. The number of halogens is 2. The van der Waals surface area contributed by atoms with Gasteiger partial charge in [0.25, 0.3) is 0 Å². The third-order valence-corrected chi connectivity index (χ3v) is 3.98. The first-order valence-electron chi connectivity index (χ1n) is 4.96. The second-order valence-corrected chi connectivity index (χ2v) is 4.88. The third kappa shape index (κ3) is 2.13. The van der Waals surface area contributed by atoms with Crippen molar-refractivity contribution in [2.75, 3.05) is 6.54 Å².